The van der Waals surface area contributed by atoms with Crippen molar-refractivity contribution in [1.82, 2.24) is 0 Å². The van der Waals surface area contributed by atoms with Gasteiger partial charge in [0.1, 0.15) is 29.6 Å². The molecule has 1 aliphatic carbocycles. The molecule has 1 aromatic heterocycles. The van der Waals surface area contributed by atoms with E-state index in [1.54, 1.807) is 20.8 Å². The molecular weight excluding hydrogens is 494 g/mol. The molecule has 2 aromatic rings. The van der Waals surface area contributed by atoms with Crippen LogP contribution in [0.25, 0.3) is 11.0 Å². The standard InChI is InChI=1S/C28H39NO9/c1-12(2)11-15-17(27(15,4)5)24(33)29-18-19(30)14-9-10-16(13(3)22(14)37-25(18)34)36-26-21(32)20(31)23(35-8)28(6,7)38-26/h9-10,12,15,17,20-21,23,26,30-32H,11H2,1-8H3,(H,29,33)/t15?,17?,20-,21+,23+,26+/m0/s1. The molecule has 4 N–H and O–H groups in total. The second-order valence-corrected chi connectivity index (χ2v) is 12.0. The number of aliphatic hydroxyl groups is 2. The van der Waals surface area contributed by atoms with Crippen LogP contribution in [0.5, 0.6) is 11.5 Å². The topological polar surface area (TPSA) is 148 Å². The highest BCUT2D eigenvalue weighted by Crippen LogP contribution is 2.61. The zero-order valence-electron chi connectivity index (χ0n) is 23.2. The fourth-order valence-corrected chi connectivity index (χ4v) is 5.85. The number of anilines is 1. The quantitative estimate of drug-likeness (QED) is 0.393. The van der Waals surface area contributed by atoms with Gasteiger partial charge in [0.2, 0.25) is 12.2 Å². The van der Waals surface area contributed by atoms with Gasteiger partial charge < -0.3 is 39.3 Å². The number of rotatable bonds is 7. The highest BCUT2D eigenvalue weighted by molar-refractivity contribution is 6.00. The number of aliphatic hydroxyl groups excluding tert-OH is 2. The highest BCUT2D eigenvalue weighted by atomic mass is 16.7. The van der Waals surface area contributed by atoms with Crippen molar-refractivity contribution in [2.24, 2.45) is 23.2 Å². The van der Waals surface area contributed by atoms with Gasteiger partial charge in [0.05, 0.1) is 11.0 Å². The summed E-state index contributed by atoms with van der Waals surface area (Å²) in [5.74, 6) is -0.137. The first-order valence-corrected chi connectivity index (χ1v) is 13.0. The van der Waals surface area contributed by atoms with Crippen LogP contribution in [0.4, 0.5) is 5.69 Å². The van der Waals surface area contributed by atoms with Crippen LogP contribution >= 0.6 is 0 Å². The Morgan fingerprint density at radius 1 is 1.16 bits per heavy atom. The molecule has 10 nitrogen and oxygen atoms in total. The molecule has 1 saturated heterocycles. The van der Waals surface area contributed by atoms with Crippen LogP contribution in [0.15, 0.2) is 21.3 Å². The number of amides is 1. The third-order valence-electron chi connectivity index (χ3n) is 8.09. The molecule has 1 aromatic carbocycles. The molecule has 1 saturated carbocycles. The summed E-state index contributed by atoms with van der Waals surface area (Å²) < 4.78 is 22.6. The van der Waals surface area contributed by atoms with Gasteiger partial charge in [-0.1, -0.05) is 27.7 Å². The Kier molecular flexibility index (Phi) is 7.33. The third-order valence-corrected chi connectivity index (χ3v) is 8.09. The van der Waals surface area contributed by atoms with Crippen molar-refractivity contribution in [3.63, 3.8) is 0 Å². The monoisotopic (exact) mass is 533 g/mol. The smallest absolute Gasteiger partial charge is 0.364 e. The molecule has 4 rings (SSSR count). The van der Waals surface area contributed by atoms with E-state index in [1.165, 1.54) is 19.2 Å². The van der Waals surface area contributed by atoms with E-state index in [9.17, 15) is 24.9 Å². The van der Waals surface area contributed by atoms with Crippen LogP contribution in [-0.2, 0) is 14.3 Å². The first-order valence-electron chi connectivity index (χ1n) is 13.0. The predicted octanol–water partition coefficient (Wildman–Crippen LogP) is 3.31. The number of fused-ring (bicyclic) bond motifs is 1. The lowest BCUT2D eigenvalue weighted by molar-refractivity contribution is -0.306. The molecule has 38 heavy (non-hydrogen) atoms. The van der Waals surface area contributed by atoms with Gasteiger partial charge in [-0.25, -0.2) is 4.79 Å². The van der Waals surface area contributed by atoms with Crippen molar-refractivity contribution >= 4 is 22.6 Å². The average Bonchev–Trinajstić information content (AvgIpc) is 3.35. The molecule has 2 fully saturated rings. The lowest BCUT2D eigenvalue weighted by Crippen LogP contribution is -2.63. The maximum atomic E-state index is 13.0. The fourth-order valence-electron chi connectivity index (χ4n) is 5.85. The molecule has 6 atom stereocenters. The van der Waals surface area contributed by atoms with Gasteiger partial charge in [-0.3, -0.25) is 4.79 Å². The van der Waals surface area contributed by atoms with Gasteiger partial charge >= 0.3 is 5.63 Å². The Morgan fingerprint density at radius 2 is 1.82 bits per heavy atom. The summed E-state index contributed by atoms with van der Waals surface area (Å²) >= 11 is 0. The first-order chi connectivity index (χ1) is 17.6. The van der Waals surface area contributed by atoms with Crippen LogP contribution in [-0.4, -0.2) is 58.5 Å². The Bertz CT molecular complexity index is 1280. The maximum absolute atomic E-state index is 13.0. The van der Waals surface area contributed by atoms with Crippen molar-refractivity contribution < 1.29 is 38.7 Å². The van der Waals surface area contributed by atoms with E-state index in [4.69, 9.17) is 18.6 Å². The predicted molar refractivity (Wildman–Crippen MR) is 140 cm³/mol. The summed E-state index contributed by atoms with van der Waals surface area (Å²) in [7, 11) is 1.42. The van der Waals surface area contributed by atoms with Crippen molar-refractivity contribution in [1.29, 1.82) is 0 Å². The van der Waals surface area contributed by atoms with E-state index in [0.717, 1.165) is 6.42 Å². The SMILES string of the molecule is CO[C@@H]1[C@@H](O)[C@@H](O)[C@H](Oc2ccc3c(O)c(NC(=O)C4C(CC(C)C)C4(C)C)c(=O)oc3c2C)OC1(C)C. The Labute approximate surface area is 221 Å². The Hall–Kier alpha value is -2.66. The molecule has 210 valence electrons. The van der Waals surface area contributed by atoms with Gasteiger partial charge in [0.25, 0.3) is 0 Å². The lowest BCUT2D eigenvalue weighted by Gasteiger charge is -2.46. The van der Waals surface area contributed by atoms with Crippen LogP contribution in [0.1, 0.15) is 53.5 Å². The van der Waals surface area contributed by atoms with E-state index in [2.05, 4.69) is 19.2 Å². The molecule has 0 spiro atoms. The minimum Gasteiger partial charge on any atom is -0.505 e. The summed E-state index contributed by atoms with van der Waals surface area (Å²) in [6.07, 6.45) is -3.79. The molecule has 1 amide bonds. The number of benzene rings is 1. The number of nitrogens with one attached hydrogen (secondary N) is 1. The number of aromatic hydroxyl groups is 1. The van der Waals surface area contributed by atoms with E-state index in [1.807, 2.05) is 13.8 Å². The summed E-state index contributed by atoms with van der Waals surface area (Å²) in [5.41, 5.74) is -1.93. The summed E-state index contributed by atoms with van der Waals surface area (Å²) in [5, 5.41) is 34.8. The largest absolute Gasteiger partial charge is 0.505 e. The van der Waals surface area contributed by atoms with Crippen LogP contribution < -0.4 is 15.7 Å². The van der Waals surface area contributed by atoms with E-state index < -0.39 is 41.6 Å². The number of hydrogen-bond donors (Lipinski definition) is 4. The molecule has 0 radical (unpaired) electrons. The van der Waals surface area contributed by atoms with Gasteiger partial charge in [0, 0.05) is 18.6 Å². The number of carbonyl (C=O) groups is 1. The van der Waals surface area contributed by atoms with Gasteiger partial charge in [-0.05, 0) is 56.6 Å². The zero-order chi connectivity index (χ0) is 28.3. The van der Waals surface area contributed by atoms with E-state index in [0.29, 0.717) is 11.5 Å². The van der Waals surface area contributed by atoms with Crippen molar-refractivity contribution in [3.05, 3.63) is 28.1 Å². The molecular formula is C28H39NO9. The number of hydrogen-bond acceptors (Lipinski definition) is 9. The van der Waals surface area contributed by atoms with Gasteiger partial charge in [-0.15, -0.1) is 0 Å². The van der Waals surface area contributed by atoms with Crippen LogP contribution in [0.3, 0.4) is 0 Å². The summed E-state index contributed by atoms with van der Waals surface area (Å²) in [6, 6.07) is 3.02. The van der Waals surface area contributed by atoms with E-state index in [-0.39, 0.29) is 45.6 Å². The number of methoxy groups -OCH3 is 1. The normalized spacial score (nSPS) is 29.9. The lowest BCUT2D eigenvalue weighted by atomic mass is 9.89. The first kappa shape index (κ1) is 28.4. The van der Waals surface area contributed by atoms with Gasteiger partial charge in [-0.2, -0.15) is 0 Å². The number of aryl methyl sites for hydroxylation is 1. The number of ether oxygens (including phenoxy) is 3. The fraction of sp³-hybridized carbons (Fsp3) is 0.643. The van der Waals surface area contributed by atoms with Crippen LogP contribution in [0.2, 0.25) is 0 Å². The molecule has 0 bridgehead atoms. The average molecular weight is 534 g/mol. The Balaban J connectivity index is 1.60. The molecule has 1 aliphatic heterocycles. The second-order valence-electron chi connectivity index (χ2n) is 12.0. The molecule has 2 heterocycles. The van der Waals surface area contributed by atoms with Crippen molar-refractivity contribution in [2.75, 3.05) is 12.4 Å². The van der Waals surface area contributed by atoms with Crippen molar-refractivity contribution in [3.8, 4) is 11.5 Å². The van der Waals surface area contributed by atoms with E-state index >= 15 is 0 Å². The zero-order valence-corrected chi connectivity index (χ0v) is 23.2. The maximum Gasteiger partial charge on any atom is 0.364 e. The van der Waals surface area contributed by atoms with Crippen LogP contribution in [0, 0.1) is 30.1 Å². The molecule has 2 aliphatic rings. The molecule has 10 heteroatoms. The van der Waals surface area contributed by atoms with Crippen molar-refractivity contribution in [2.45, 2.75) is 85.1 Å². The Morgan fingerprint density at radius 3 is 2.42 bits per heavy atom. The number of carbonyl (C=O) groups excluding carboxylic acids is 1. The minimum absolute atomic E-state index is 0.0623. The summed E-state index contributed by atoms with van der Waals surface area (Å²) in [6.45, 7) is 13.3. The highest BCUT2D eigenvalue weighted by Gasteiger charge is 2.61. The summed E-state index contributed by atoms with van der Waals surface area (Å²) in [4.78, 5) is 25.9. The molecule has 2 unspecified atom stereocenters. The minimum atomic E-state index is -1.41. The van der Waals surface area contributed by atoms with Gasteiger partial charge in [0.15, 0.2) is 11.4 Å². The second kappa shape index (κ2) is 9.82. The third kappa shape index (κ3) is 4.79.